The molecule has 28 heavy (non-hydrogen) atoms. The van der Waals surface area contributed by atoms with E-state index in [1.807, 2.05) is 4.98 Å². The van der Waals surface area contributed by atoms with Crippen LogP contribution in [-0.4, -0.2) is 33.2 Å². The Hall–Kier alpha value is -3.20. The van der Waals surface area contributed by atoms with Crippen LogP contribution in [0.15, 0.2) is 23.0 Å². The average molecular weight is 390 g/mol. The summed E-state index contributed by atoms with van der Waals surface area (Å²) in [5.74, 6) is -4.39. The molecule has 0 amide bonds. The van der Waals surface area contributed by atoms with Crippen LogP contribution in [0.3, 0.4) is 0 Å². The van der Waals surface area contributed by atoms with Gasteiger partial charge in [-0.2, -0.15) is 0 Å². The van der Waals surface area contributed by atoms with Gasteiger partial charge in [0.25, 0.3) is 5.56 Å². The van der Waals surface area contributed by atoms with E-state index >= 15 is 0 Å². The molecule has 3 rings (SSSR count). The Kier molecular flexibility index (Phi) is 5.46. The lowest BCUT2D eigenvalue weighted by atomic mass is 9.94. The fraction of sp³-hybridized carbons (Fsp3) is 0.316. The largest absolute Gasteiger partial charge is 0.478 e. The second-order valence-corrected chi connectivity index (χ2v) is 6.63. The summed E-state index contributed by atoms with van der Waals surface area (Å²) in [5.41, 5.74) is 2.81. The minimum atomic E-state index is -1.65. The topological polar surface area (TPSA) is 143 Å². The number of rotatable bonds is 6. The van der Waals surface area contributed by atoms with E-state index in [0.29, 0.717) is 0 Å². The second kappa shape index (κ2) is 7.81. The predicted octanol–water partition coefficient (Wildman–Crippen LogP) is 2.62. The lowest BCUT2D eigenvalue weighted by Crippen LogP contribution is -2.24. The number of aromatic carboxylic acids is 2. The summed E-state index contributed by atoms with van der Waals surface area (Å²) >= 11 is 0. The van der Waals surface area contributed by atoms with Gasteiger partial charge in [0.1, 0.15) is 22.8 Å². The zero-order chi connectivity index (χ0) is 20.4. The molecule has 0 spiro atoms. The number of nitrogens with one attached hydrogen (secondary N) is 1. The summed E-state index contributed by atoms with van der Waals surface area (Å²) in [4.78, 5) is 37.2. The monoisotopic (exact) mass is 390 g/mol. The number of ether oxygens (including phenoxy) is 1. The Bertz CT molecular complexity index is 995. The zero-order valence-corrected chi connectivity index (χ0v) is 14.8. The number of pyridine rings is 1. The van der Waals surface area contributed by atoms with Crippen LogP contribution in [0.4, 0.5) is 10.2 Å². The Morgan fingerprint density at radius 1 is 1.18 bits per heavy atom. The van der Waals surface area contributed by atoms with Crippen molar-refractivity contribution in [1.82, 2.24) is 4.98 Å². The van der Waals surface area contributed by atoms with Crippen LogP contribution in [0.25, 0.3) is 11.1 Å². The summed E-state index contributed by atoms with van der Waals surface area (Å²) in [6, 6.07) is 3.72. The highest BCUT2D eigenvalue weighted by Crippen LogP contribution is 2.31. The molecule has 1 heterocycles. The van der Waals surface area contributed by atoms with E-state index < -0.39 is 45.8 Å². The molecular formula is C19H19FN2O6. The first kappa shape index (κ1) is 19.6. The maximum absolute atomic E-state index is 14.6. The lowest BCUT2D eigenvalue weighted by Gasteiger charge is -2.14. The third-order valence-corrected chi connectivity index (χ3v) is 4.79. The number of halogens is 1. The molecule has 0 saturated heterocycles. The summed E-state index contributed by atoms with van der Waals surface area (Å²) in [7, 11) is 0. The highest BCUT2D eigenvalue weighted by atomic mass is 19.1. The number of hydrogen-bond acceptors (Lipinski definition) is 5. The molecule has 1 fully saturated rings. The van der Waals surface area contributed by atoms with Crippen molar-refractivity contribution < 1.29 is 28.9 Å². The fourth-order valence-corrected chi connectivity index (χ4v) is 3.42. The molecule has 1 aliphatic rings. The van der Waals surface area contributed by atoms with Crippen molar-refractivity contribution in [1.29, 1.82) is 0 Å². The van der Waals surface area contributed by atoms with Crippen LogP contribution in [0.2, 0.25) is 0 Å². The first-order valence-electron chi connectivity index (χ1n) is 8.72. The van der Waals surface area contributed by atoms with Crippen LogP contribution in [0, 0.1) is 5.82 Å². The van der Waals surface area contributed by atoms with Crippen molar-refractivity contribution in [3.8, 4) is 11.1 Å². The number of carbonyl (C=O) groups is 2. The van der Waals surface area contributed by atoms with Crippen molar-refractivity contribution in [2.45, 2.75) is 38.4 Å². The molecule has 8 nitrogen and oxygen atoms in total. The maximum Gasteiger partial charge on any atom is 0.342 e. The van der Waals surface area contributed by atoms with Gasteiger partial charge in [-0.05, 0) is 24.5 Å². The highest BCUT2D eigenvalue weighted by molar-refractivity contribution is 6.07. The molecule has 0 atom stereocenters. The van der Waals surface area contributed by atoms with Gasteiger partial charge in [0, 0.05) is 11.1 Å². The normalized spacial score (nSPS) is 14.3. The van der Waals surface area contributed by atoms with Gasteiger partial charge in [-0.15, -0.1) is 0 Å². The SMILES string of the molecule is Nc1[nH]c(=O)c(C(=O)O)c(-c2ccc(COC3CCCC3)c(F)c2)c1C(=O)O. The van der Waals surface area contributed by atoms with Gasteiger partial charge in [-0.25, -0.2) is 14.0 Å². The summed E-state index contributed by atoms with van der Waals surface area (Å²) in [6.45, 7) is 0.0475. The van der Waals surface area contributed by atoms with Gasteiger partial charge in [0.2, 0.25) is 0 Å². The number of benzene rings is 1. The quantitative estimate of drug-likeness (QED) is 0.594. The number of anilines is 1. The summed E-state index contributed by atoms with van der Waals surface area (Å²) < 4.78 is 20.3. The predicted molar refractivity (Wildman–Crippen MR) is 97.8 cm³/mol. The first-order chi connectivity index (χ1) is 13.3. The number of aromatic amines is 1. The average Bonchev–Trinajstić information content (AvgIpc) is 3.12. The highest BCUT2D eigenvalue weighted by Gasteiger charge is 2.27. The van der Waals surface area contributed by atoms with Gasteiger partial charge in [0.05, 0.1) is 12.7 Å². The van der Waals surface area contributed by atoms with Crippen molar-refractivity contribution in [2.75, 3.05) is 5.73 Å². The number of H-pyrrole nitrogens is 1. The van der Waals surface area contributed by atoms with E-state index in [9.17, 15) is 29.0 Å². The van der Waals surface area contributed by atoms with E-state index in [0.717, 1.165) is 31.7 Å². The summed E-state index contributed by atoms with van der Waals surface area (Å²) in [5, 5.41) is 18.8. The minimum Gasteiger partial charge on any atom is -0.478 e. The zero-order valence-electron chi connectivity index (χ0n) is 14.8. The van der Waals surface area contributed by atoms with Crippen LogP contribution < -0.4 is 11.3 Å². The number of aromatic nitrogens is 1. The number of carboxylic acids is 2. The van der Waals surface area contributed by atoms with Gasteiger partial charge in [0.15, 0.2) is 0 Å². The Morgan fingerprint density at radius 3 is 2.39 bits per heavy atom. The molecule has 9 heteroatoms. The number of nitrogens with two attached hydrogens (primary N) is 1. The number of carboxylic acid groups (broad SMARTS) is 2. The second-order valence-electron chi connectivity index (χ2n) is 6.63. The van der Waals surface area contributed by atoms with Crippen molar-refractivity contribution >= 4 is 17.8 Å². The van der Waals surface area contributed by atoms with Crippen LogP contribution in [0.5, 0.6) is 0 Å². The van der Waals surface area contributed by atoms with E-state index in [2.05, 4.69) is 0 Å². The van der Waals surface area contributed by atoms with E-state index in [-0.39, 0.29) is 23.8 Å². The molecule has 1 aliphatic carbocycles. The van der Waals surface area contributed by atoms with Crippen LogP contribution >= 0.6 is 0 Å². The first-order valence-corrected chi connectivity index (χ1v) is 8.72. The van der Waals surface area contributed by atoms with Crippen molar-refractivity contribution in [3.05, 3.63) is 51.1 Å². The molecule has 2 aromatic rings. The Balaban J connectivity index is 2.05. The molecule has 5 N–H and O–H groups in total. The molecule has 1 saturated carbocycles. The molecular weight excluding hydrogens is 371 g/mol. The molecule has 0 bridgehead atoms. The molecule has 1 aromatic carbocycles. The minimum absolute atomic E-state index is 0.0475. The standard InChI is InChI=1S/C19H19FN2O6/c20-12-7-9(5-6-10(12)8-28-11-3-1-2-4-11)13-14(18(24)25)16(21)22-17(23)15(13)19(26)27/h5-7,11H,1-4,8H2,(H,24,25)(H,26,27)(H3,21,22,23). The Labute approximate surface area is 158 Å². The van der Waals surface area contributed by atoms with E-state index in [1.165, 1.54) is 12.1 Å². The smallest absolute Gasteiger partial charge is 0.342 e. The van der Waals surface area contributed by atoms with Crippen molar-refractivity contribution in [2.24, 2.45) is 0 Å². The molecule has 0 radical (unpaired) electrons. The molecule has 0 unspecified atom stereocenters. The van der Waals surface area contributed by atoms with Crippen LogP contribution in [0.1, 0.15) is 52.0 Å². The van der Waals surface area contributed by atoms with Gasteiger partial charge in [-0.1, -0.05) is 25.0 Å². The summed E-state index contributed by atoms with van der Waals surface area (Å²) in [6.07, 6.45) is 4.09. The van der Waals surface area contributed by atoms with Gasteiger partial charge >= 0.3 is 11.9 Å². The Morgan fingerprint density at radius 2 is 1.82 bits per heavy atom. The third-order valence-electron chi connectivity index (χ3n) is 4.79. The van der Waals surface area contributed by atoms with Crippen LogP contribution in [-0.2, 0) is 11.3 Å². The lowest BCUT2D eigenvalue weighted by molar-refractivity contribution is 0.0441. The fourth-order valence-electron chi connectivity index (χ4n) is 3.42. The van der Waals surface area contributed by atoms with Crippen molar-refractivity contribution in [3.63, 3.8) is 0 Å². The van der Waals surface area contributed by atoms with Gasteiger partial charge in [-0.3, -0.25) is 4.79 Å². The maximum atomic E-state index is 14.6. The van der Waals surface area contributed by atoms with Gasteiger partial charge < -0.3 is 25.7 Å². The molecule has 1 aromatic heterocycles. The number of nitrogen functional groups attached to an aromatic ring is 1. The molecule has 0 aliphatic heterocycles. The number of hydrogen-bond donors (Lipinski definition) is 4. The van der Waals surface area contributed by atoms with E-state index in [1.54, 1.807) is 0 Å². The third kappa shape index (κ3) is 3.74. The molecule has 148 valence electrons. The van der Waals surface area contributed by atoms with E-state index in [4.69, 9.17) is 10.5 Å².